The Balaban J connectivity index is 1.75. The van der Waals surface area contributed by atoms with Gasteiger partial charge in [-0.1, -0.05) is 6.92 Å². The molecule has 0 bridgehead atoms. The van der Waals surface area contributed by atoms with Crippen molar-refractivity contribution >= 4 is 21.4 Å². The SMILES string of the molecule is CCCNc1ccc(NS(=O)(=O)c2ccc3c(c2)OCO3)cc1. The zero-order valence-electron chi connectivity index (χ0n) is 12.7. The molecule has 0 aliphatic carbocycles. The Bertz CT molecular complexity index is 788. The molecule has 7 heteroatoms. The first-order valence-corrected chi connectivity index (χ1v) is 8.83. The van der Waals surface area contributed by atoms with Crippen molar-refractivity contribution < 1.29 is 17.9 Å². The fourth-order valence-corrected chi connectivity index (χ4v) is 3.26. The minimum atomic E-state index is -3.67. The van der Waals surface area contributed by atoms with Crippen LogP contribution in [0.5, 0.6) is 11.5 Å². The van der Waals surface area contributed by atoms with Gasteiger partial charge >= 0.3 is 0 Å². The summed E-state index contributed by atoms with van der Waals surface area (Å²) in [7, 11) is -3.67. The van der Waals surface area contributed by atoms with Crippen molar-refractivity contribution in [3.05, 3.63) is 42.5 Å². The Labute approximate surface area is 135 Å². The maximum absolute atomic E-state index is 12.4. The van der Waals surface area contributed by atoms with E-state index in [9.17, 15) is 8.42 Å². The summed E-state index contributed by atoms with van der Waals surface area (Å²) in [5, 5.41) is 3.24. The molecular weight excluding hydrogens is 316 g/mol. The summed E-state index contributed by atoms with van der Waals surface area (Å²) >= 11 is 0. The molecule has 0 unspecified atom stereocenters. The second-order valence-electron chi connectivity index (χ2n) is 5.12. The average Bonchev–Trinajstić information content (AvgIpc) is 3.01. The number of rotatable bonds is 6. The third-order valence-electron chi connectivity index (χ3n) is 3.37. The van der Waals surface area contributed by atoms with Gasteiger partial charge in [-0.2, -0.15) is 0 Å². The summed E-state index contributed by atoms with van der Waals surface area (Å²) in [6.07, 6.45) is 1.03. The van der Waals surface area contributed by atoms with Crippen molar-refractivity contribution in [2.24, 2.45) is 0 Å². The second kappa shape index (κ2) is 6.37. The number of nitrogens with one attached hydrogen (secondary N) is 2. The van der Waals surface area contributed by atoms with Crippen LogP contribution in [0.25, 0.3) is 0 Å². The van der Waals surface area contributed by atoms with Crippen LogP contribution < -0.4 is 19.5 Å². The lowest BCUT2D eigenvalue weighted by Gasteiger charge is -2.10. The molecule has 0 saturated carbocycles. The number of anilines is 2. The van der Waals surface area contributed by atoms with Crippen LogP contribution in [0.1, 0.15) is 13.3 Å². The zero-order chi connectivity index (χ0) is 16.3. The molecule has 0 amide bonds. The average molecular weight is 334 g/mol. The van der Waals surface area contributed by atoms with E-state index in [1.807, 2.05) is 12.1 Å². The Morgan fingerprint density at radius 1 is 1.00 bits per heavy atom. The molecule has 0 spiro atoms. The van der Waals surface area contributed by atoms with E-state index in [-0.39, 0.29) is 11.7 Å². The Morgan fingerprint density at radius 2 is 1.70 bits per heavy atom. The summed E-state index contributed by atoms with van der Waals surface area (Å²) in [5.74, 6) is 0.988. The van der Waals surface area contributed by atoms with E-state index in [1.165, 1.54) is 12.1 Å². The largest absolute Gasteiger partial charge is 0.454 e. The highest BCUT2D eigenvalue weighted by atomic mass is 32.2. The van der Waals surface area contributed by atoms with Crippen molar-refractivity contribution in [3.8, 4) is 11.5 Å². The minimum absolute atomic E-state index is 0.110. The summed E-state index contributed by atoms with van der Waals surface area (Å²) in [6.45, 7) is 3.07. The highest BCUT2D eigenvalue weighted by Crippen LogP contribution is 2.34. The molecule has 0 fully saturated rings. The van der Waals surface area contributed by atoms with Gasteiger partial charge in [0.25, 0.3) is 10.0 Å². The molecule has 0 radical (unpaired) electrons. The first-order valence-electron chi connectivity index (χ1n) is 7.35. The van der Waals surface area contributed by atoms with Gasteiger partial charge in [0.15, 0.2) is 11.5 Å². The van der Waals surface area contributed by atoms with Crippen molar-refractivity contribution in [1.29, 1.82) is 0 Å². The summed E-state index contributed by atoms with van der Waals surface area (Å²) in [5.41, 5.74) is 1.46. The fourth-order valence-electron chi connectivity index (χ4n) is 2.18. The summed E-state index contributed by atoms with van der Waals surface area (Å²) in [4.78, 5) is 0.134. The molecule has 2 aromatic carbocycles. The second-order valence-corrected chi connectivity index (χ2v) is 6.81. The molecule has 0 saturated heterocycles. The number of fused-ring (bicyclic) bond motifs is 1. The quantitative estimate of drug-likeness (QED) is 0.849. The van der Waals surface area contributed by atoms with Crippen LogP contribution in [0, 0.1) is 0 Å². The summed E-state index contributed by atoms with van der Waals surface area (Å²) < 4.78 is 37.8. The predicted molar refractivity (Wildman–Crippen MR) is 88.6 cm³/mol. The van der Waals surface area contributed by atoms with Crippen LogP contribution in [0.2, 0.25) is 0 Å². The van der Waals surface area contributed by atoms with Gasteiger partial charge in [-0.25, -0.2) is 8.42 Å². The molecule has 0 aromatic heterocycles. The van der Waals surface area contributed by atoms with E-state index in [0.29, 0.717) is 17.2 Å². The van der Waals surface area contributed by atoms with Gasteiger partial charge in [0, 0.05) is 24.0 Å². The molecule has 23 heavy (non-hydrogen) atoms. The van der Waals surface area contributed by atoms with Gasteiger partial charge < -0.3 is 14.8 Å². The van der Waals surface area contributed by atoms with E-state index in [0.717, 1.165) is 18.7 Å². The van der Waals surface area contributed by atoms with Crippen LogP contribution in [0.15, 0.2) is 47.4 Å². The van der Waals surface area contributed by atoms with Gasteiger partial charge in [-0.15, -0.1) is 0 Å². The van der Waals surface area contributed by atoms with E-state index in [1.54, 1.807) is 18.2 Å². The van der Waals surface area contributed by atoms with Crippen molar-refractivity contribution in [2.45, 2.75) is 18.2 Å². The van der Waals surface area contributed by atoms with Gasteiger partial charge in [0.1, 0.15) is 0 Å². The van der Waals surface area contributed by atoms with Crippen LogP contribution >= 0.6 is 0 Å². The first-order chi connectivity index (χ1) is 11.1. The van der Waals surface area contributed by atoms with Crippen LogP contribution in [0.4, 0.5) is 11.4 Å². The molecule has 122 valence electrons. The molecular formula is C16H18N2O4S. The normalized spacial score (nSPS) is 12.9. The Kier molecular flexibility index (Phi) is 4.29. The zero-order valence-corrected chi connectivity index (χ0v) is 13.5. The molecule has 2 N–H and O–H groups in total. The van der Waals surface area contributed by atoms with E-state index in [2.05, 4.69) is 17.0 Å². The Hall–Kier alpha value is -2.41. The van der Waals surface area contributed by atoms with Crippen LogP contribution in [-0.2, 0) is 10.0 Å². The van der Waals surface area contributed by atoms with Crippen molar-refractivity contribution in [3.63, 3.8) is 0 Å². The number of benzene rings is 2. The molecule has 1 aliphatic rings. The lowest BCUT2D eigenvalue weighted by Crippen LogP contribution is -2.12. The molecule has 0 atom stereocenters. The number of hydrogen-bond donors (Lipinski definition) is 2. The number of sulfonamides is 1. The highest BCUT2D eigenvalue weighted by Gasteiger charge is 2.20. The molecule has 2 aromatic rings. The smallest absolute Gasteiger partial charge is 0.262 e. The number of ether oxygens (including phenoxy) is 2. The van der Waals surface area contributed by atoms with Gasteiger partial charge in [0.2, 0.25) is 6.79 Å². The van der Waals surface area contributed by atoms with E-state index >= 15 is 0 Å². The lowest BCUT2D eigenvalue weighted by atomic mass is 10.3. The summed E-state index contributed by atoms with van der Waals surface area (Å²) in [6, 6.07) is 11.7. The Morgan fingerprint density at radius 3 is 2.43 bits per heavy atom. The van der Waals surface area contributed by atoms with E-state index < -0.39 is 10.0 Å². The highest BCUT2D eigenvalue weighted by molar-refractivity contribution is 7.92. The monoisotopic (exact) mass is 334 g/mol. The van der Waals surface area contributed by atoms with Crippen LogP contribution in [-0.4, -0.2) is 21.8 Å². The van der Waals surface area contributed by atoms with Gasteiger partial charge in [-0.3, -0.25) is 4.72 Å². The fraction of sp³-hybridized carbons (Fsp3) is 0.250. The standard InChI is InChI=1S/C16H18N2O4S/c1-2-9-17-12-3-5-13(6-4-12)18-23(19,20)14-7-8-15-16(10-14)22-11-21-15/h3-8,10,17-18H,2,9,11H2,1H3. The van der Waals surface area contributed by atoms with E-state index in [4.69, 9.17) is 9.47 Å². The molecule has 1 heterocycles. The first kappa shape index (κ1) is 15.5. The third-order valence-corrected chi connectivity index (χ3v) is 4.75. The van der Waals surface area contributed by atoms with Gasteiger partial charge in [0.05, 0.1) is 4.90 Å². The minimum Gasteiger partial charge on any atom is -0.454 e. The third kappa shape index (κ3) is 3.50. The van der Waals surface area contributed by atoms with Gasteiger partial charge in [-0.05, 0) is 42.8 Å². The molecule has 6 nitrogen and oxygen atoms in total. The predicted octanol–water partition coefficient (Wildman–Crippen LogP) is 3.04. The maximum Gasteiger partial charge on any atom is 0.262 e. The molecule has 1 aliphatic heterocycles. The maximum atomic E-state index is 12.4. The van der Waals surface area contributed by atoms with Crippen LogP contribution in [0.3, 0.4) is 0 Å². The van der Waals surface area contributed by atoms with Crippen molar-refractivity contribution in [1.82, 2.24) is 0 Å². The molecule has 3 rings (SSSR count). The topological polar surface area (TPSA) is 76.7 Å². The van der Waals surface area contributed by atoms with Crippen molar-refractivity contribution in [2.75, 3.05) is 23.4 Å². The lowest BCUT2D eigenvalue weighted by molar-refractivity contribution is 0.174. The number of hydrogen-bond acceptors (Lipinski definition) is 5.